The smallest absolute Gasteiger partial charge is 0.354 e. The van der Waals surface area contributed by atoms with Gasteiger partial charge in [0.25, 0.3) is 0 Å². The second kappa shape index (κ2) is 7.21. The van der Waals surface area contributed by atoms with Crippen molar-refractivity contribution >= 4 is 5.82 Å². The summed E-state index contributed by atoms with van der Waals surface area (Å²) in [4.78, 5) is 8.93. The number of phenolic OH excluding ortho intramolecular Hbond substituents is 1. The van der Waals surface area contributed by atoms with Gasteiger partial charge in [-0.25, -0.2) is 4.98 Å². The molecule has 0 atom stereocenters. The van der Waals surface area contributed by atoms with Crippen LogP contribution in [0.15, 0.2) is 85.3 Å². The third-order valence-electron chi connectivity index (χ3n) is 4.25. The van der Waals surface area contributed by atoms with Crippen molar-refractivity contribution in [2.45, 2.75) is 11.8 Å². The maximum absolute atomic E-state index is 14.7. The molecule has 10 heteroatoms. The average molecular weight is 419 g/mol. The van der Waals surface area contributed by atoms with Gasteiger partial charge in [-0.05, 0) is 24.3 Å². The number of anilines is 1. The molecule has 0 amide bonds. The van der Waals surface area contributed by atoms with Crippen LogP contribution in [0.1, 0.15) is 0 Å². The molecule has 2 aromatic rings. The van der Waals surface area contributed by atoms with E-state index >= 15 is 0 Å². The zero-order chi connectivity index (χ0) is 21.4. The van der Waals surface area contributed by atoms with E-state index in [-0.39, 0.29) is 29.2 Å². The van der Waals surface area contributed by atoms with E-state index in [9.17, 15) is 22.7 Å². The van der Waals surface area contributed by atoms with Gasteiger partial charge in [-0.3, -0.25) is 9.88 Å². The number of halogens is 4. The molecule has 1 aromatic heterocycles. The zero-order valence-corrected chi connectivity index (χ0v) is 15.0. The van der Waals surface area contributed by atoms with E-state index in [1.165, 1.54) is 18.3 Å². The van der Waals surface area contributed by atoms with E-state index in [4.69, 9.17) is 9.47 Å². The number of phenols is 1. The number of ether oxygens (including phenoxy) is 2. The number of hydrogen-bond acceptors (Lipinski definition) is 6. The predicted octanol–water partition coefficient (Wildman–Crippen LogP) is 4.70. The lowest BCUT2D eigenvalue weighted by Gasteiger charge is -2.35. The number of rotatable bonds is 4. The molecule has 30 heavy (non-hydrogen) atoms. The van der Waals surface area contributed by atoms with Crippen LogP contribution in [-0.4, -0.2) is 26.9 Å². The fourth-order valence-electron chi connectivity index (χ4n) is 2.84. The van der Waals surface area contributed by atoms with Gasteiger partial charge < -0.3 is 14.6 Å². The van der Waals surface area contributed by atoms with E-state index in [1.807, 2.05) is 0 Å². The minimum Gasteiger partial charge on any atom is -0.508 e. The van der Waals surface area contributed by atoms with E-state index in [1.54, 1.807) is 12.1 Å². The molecule has 1 aliphatic heterocycles. The van der Waals surface area contributed by atoms with Crippen LogP contribution in [-0.2, 0) is 9.47 Å². The summed E-state index contributed by atoms with van der Waals surface area (Å²) >= 11 is 0. The summed E-state index contributed by atoms with van der Waals surface area (Å²) in [6.07, 6.45) is 7.40. The van der Waals surface area contributed by atoms with Gasteiger partial charge >= 0.3 is 11.8 Å². The molecule has 2 heterocycles. The van der Waals surface area contributed by atoms with Crippen molar-refractivity contribution in [2.24, 2.45) is 0 Å². The summed E-state index contributed by atoms with van der Waals surface area (Å²) in [6.45, 7) is 0. The zero-order valence-electron chi connectivity index (χ0n) is 15.0. The fourth-order valence-corrected chi connectivity index (χ4v) is 2.84. The number of nitrogens with zero attached hydrogens (tertiary/aromatic N) is 3. The lowest BCUT2D eigenvalue weighted by atomic mass is 10.0. The van der Waals surface area contributed by atoms with Crippen LogP contribution in [0, 0.1) is 0 Å². The highest BCUT2D eigenvalue weighted by Gasteiger charge is 2.60. The predicted molar refractivity (Wildman–Crippen MR) is 98.1 cm³/mol. The average Bonchev–Trinajstić information content (AvgIpc) is 2.73. The van der Waals surface area contributed by atoms with Crippen molar-refractivity contribution in [1.29, 1.82) is 0 Å². The van der Waals surface area contributed by atoms with Crippen LogP contribution in [0.2, 0.25) is 0 Å². The molecule has 2 aliphatic rings. The summed E-state index contributed by atoms with van der Waals surface area (Å²) in [6, 6.07) is 6.02. The van der Waals surface area contributed by atoms with E-state index < -0.39 is 17.5 Å². The monoisotopic (exact) mass is 419 g/mol. The van der Waals surface area contributed by atoms with Gasteiger partial charge in [0.2, 0.25) is 5.88 Å². The SMILES string of the molecule is Oc1cccc(-c2cncc(N(C3=COC=CO3)C3=CC=CC(F)(F)C3(F)F)n2)c1. The minimum absolute atomic E-state index is 0.0419. The Balaban J connectivity index is 1.84. The molecule has 154 valence electrons. The Morgan fingerprint density at radius 2 is 1.90 bits per heavy atom. The lowest BCUT2D eigenvalue weighted by molar-refractivity contribution is -0.156. The molecular formula is C20H13F4N3O3. The van der Waals surface area contributed by atoms with Gasteiger partial charge in [0.1, 0.15) is 24.0 Å². The van der Waals surface area contributed by atoms with Gasteiger partial charge in [0.15, 0.2) is 12.1 Å². The standard InChI is InChI=1S/C20H13F4N3O3/c21-19(22)6-2-5-16(20(19,23)24)27(18-12-29-7-8-30-18)17-11-25-10-15(26-17)13-3-1-4-14(28)9-13/h1-12,28H. The van der Waals surface area contributed by atoms with Crippen LogP contribution in [0.25, 0.3) is 11.3 Å². The fraction of sp³-hybridized carbons (Fsp3) is 0.100. The lowest BCUT2D eigenvalue weighted by Crippen LogP contribution is -2.48. The second-order valence-electron chi connectivity index (χ2n) is 6.24. The first-order chi connectivity index (χ1) is 14.3. The molecule has 1 N–H and O–H groups in total. The first-order valence-electron chi connectivity index (χ1n) is 8.54. The molecule has 1 aromatic carbocycles. The topological polar surface area (TPSA) is 67.7 Å². The van der Waals surface area contributed by atoms with Gasteiger partial charge in [-0.15, -0.1) is 0 Å². The second-order valence-corrected chi connectivity index (χ2v) is 6.24. The van der Waals surface area contributed by atoms with Crippen molar-refractivity contribution < 1.29 is 32.1 Å². The Bertz CT molecular complexity index is 1100. The maximum Gasteiger partial charge on any atom is 0.354 e. The van der Waals surface area contributed by atoms with Gasteiger partial charge in [0.05, 0.1) is 18.1 Å². The molecule has 0 fully saturated rings. The quantitative estimate of drug-likeness (QED) is 0.725. The summed E-state index contributed by atoms with van der Waals surface area (Å²) in [5.41, 5.74) is -0.431. The van der Waals surface area contributed by atoms with Crippen LogP contribution >= 0.6 is 0 Å². The number of aromatic hydroxyl groups is 1. The van der Waals surface area contributed by atoms with Gasteiger partial charge in [-0.2, -0.15) is 17.6 Å². The summed E-state index contributed by atoms with van der Waals surface area (Å²) in [5.74, 6) is -9.59. The number of allylic oxidation sites excluding steroid dienone is 4. The highest BCUT2D eigenvalue weighted by molar-refractivity contribution is 5.64. The Labute approximate surface area is 167 Å². The Hall–Kier alpha value is -3.82. The largest absolute Gasteiger partial charge is 0.508 e. The van der Waals surface area contributed by atoms with Crippen LogP contribution in [0.5, 0.6) is 5.75 Å². The first kappa shape index (κ1) is 19.5. The highest BCUT2D eigenvalue weighted by atomic mass is 19.3. The van der Waals surface area contributed by atoms with Crippen molar-refractivity contribution in [3.8, 4) is 17.0 Å². The van der Waals surface area contributed by atoms with E-state index in [2.05, 4.69) is 9.97 Å². The third-order valence-corrected chi connectivity index (χ3v) is 4.25. The molecule has 0 saturated carbocycles. The minimum atomic E-state index is -4.57. The molecule has 6 nitrogen and oxygen atoms in total. The van der Waals surface area contributed by atoms with Crippen molar-refractivity contribution in [3.63, 3.8) is 0 Å². The summed E-state index contributed by atoms with van der Waals surface area (Å²) < 4.78 is 67.5. The number of benzene rings is 1. The first-order valence-corrected chi connectivity index (χ1v) is 8.54. The van der Waals surface area contributed by atoms with Crippen LogP contribution in [0.3, 0.4) is 0 Å². The molecular weight excluding hydrogens is 406 g/mol. The van der Waals surface area contributed by atoms with Gasteiger partial charge in [-0.1, -0.05) is 18.2 Å². The van der Waals surface area contributed by atoms with Crippen molar-refractivity contribution in [3.05, 3.63) is 85.3 Å². The van der Waals surface area contributed by atoms with E-state index in [0.29, 0.717) is 10.5 Å². The summed E-state index contributed by atoms with van der Waals surface area (Å²) in [5, 5.41) is 9.68. The molecule has 0 radical (unpaired) electrons. The Morgan fingerprint density at radius 3 is 2.63 bits per heavy atom. The van der Waals surface area contributed by atoms with Crippen LogP contribution in [0.4, 0.5) is 23.4 Å². The van der Waals surface area contributed by atoms with Crippen molar-refractivity contribution in [2.75, 3.05) is 4.90 Å². The molecule has 0 spiro atoms. The molecule has 0 unspecified atom stereocenters. The molecule has 1 aliphatic carbocycles. The molecule has 0 bridgehead atoms. The molecule has 0 saturated heterocycles. The number of hydrogen-bond donors (Lipinski definition) is 1. The van der Waals surface area contributed by atoms with E-state index in [0.717, 1.165) is 37.1 Å². The third kappa shape index (κ3) is 3.36. The number of aromatic nitrogens is 2. The summed E-state index contributed by atoms with van der Waals surface area (Å²) in [7, 11) is 0. The van der Waals surface area contributed by atoms with Crippen LogP contribution < -0.4 is 4.90 Å². The highest BCUT2D eigenvalue weighted by Crippen LogP contribution is 2.46. The molecule has 4 rings (SSSR count). The number of alkyl halides is 4. The van der Waals surface area contributed by atoms with Crippen molar-refractivity contribution in [1.82, 2.24) is 9.97 Å². The van der Waals surface area contributed by atoms with Gasteiger partial charge in [0, 0.05) is 5.56 Å². The normalized spacial score (nSPS) is 18.7. The maximum atomic E-state index is 14.7. The Kier molecular flexibility index (Phi) is 4.69. The Morgan fingerprint density at radius 1 is 1.07 bits per heavy atom.